The second-order valence-electron chi connectivity index (χ2n) is 3.60. The summed E-state index contributed by atoms with van der Waals surface area (Å²) in [4.78, 5) is 13.2. The summed E-state index contributed by atoms with van der Waals surface area (Å²) in [5.74, 6) is 0. The molecule has 5 nitrogen and oxygen atoms in total. The van der Waals surface area contributed by atoms with Gasteiger partial charge in [-0.2, -0.15) is 5.26 Å². The molecule has 0 unspecified atom stereocenters. The number of H-pyrrole nitrogens is 1. The van der Waals surface area contributed by atoms with Gasteiger partial charge in [-0.15, -0.1) is 16.9 Å². The third-order valence-electron chi connectivity index (χ3n) is 2.56. The maximum absolute atomic E-state index is 11.5. The van der Waals surface area contributed by atoms with Gasteiger partial charge in [-0.25, -0.2) is 9.89 Å². The van der Waals surface area contributed by atoms with Crippen molar-refractivity contribution in [2.45, 2.75) is 28.4 Å². The van der Waals surface area contributed by atoms with Crippen LogP contribution in [0.4, 0.5) is 0 Å². The van der Waals surface area contributed by atoms with Crippen molar-refractivity contribution in [1.82, 2.24) is 14.8 Å². The van der Waals surface area contributed by atoms with E-state index in [1.54, 1.807) is 0 Å². The van der Waals surface area contributed by atoms with Crippen LogP contribution in [-0.2, 0) is 6.54 Å². The fourth-order valence-corrected chi connectivity index (χ4v) is 3.29. The van der Waals surface area contributed by atoms with Gasteiger partial charge in [-0.05, 0) is 37.1 Å². The Labute approximate surface area is 119 Å². The Hall–Kier alpha value is -1.65. The van der Waals surface area contributed by atoms with E-state index < -0.39 is 0 Å². The fraction of sp³-hybridized carbons (Fsp3) is 0.250. The molecule has 98 valence electrons. The number of thioether (sulfide) groups is 1. The normalized spacial score (nSPS) is 10.4. The fourth-order valence-electron chi connectivity index (χ4n) is 1.63. The third-order valence-corrected chi connectivity index (χ3v) is 4.39. The number of aromatic amines is 1. The minimum Gasteiger partial charge on any atom is -0.270 e. The Bertz CT molecular complexity index is 684. The van der Waals surface area contributed by atoms with Gasteiger partial charge < -0.3 is 0 Å². The summed E-state index contributed by atoms with van der Waals surface area (Å²) < 4.78 is 1.54. The highest BCUT2D eigenvalue weighted by Crippen LogP contribution is 2.32. The monoisotopic (exact) mass is 292 g/mol. The van der Waals surface area contributed by atoms with Crippen molar-refractivity contribution in [2.75, 3.05) is 6.26 Å². The first-order valence-corrected chi connectivity index (χ1v) is 7.65. The first-order chi connectivity index (χ1) is 9.21. The molecule has 0 aliphatic heterocycles. The van der Waals surface area contributed by atoms with Crippen molar-refractivity contribution in [2.24, 2.45) is 0 Å². The van der Waals surface area contributed by atoms with E-state index in [2.05, 4.69) is 16.3 Å². The van der Waals surface area contributed by atoms with Crippen molar-refractivity contribution >= 4 is 23.5 Å². The molecule has 0 spiro atoms. The van der Waals surface area contributed by atoms with Gasteiger partial charge >= 0.3 is 5.69 Å². The SMILES string of the molecule is CCn1c(Sc2cccc(SC)c2C#N)n[nH]c1=O. The number of nitrogens with one attached hydrogen (secondary N) is 1. The lowest BCUT2D eigenvalue weighted by molar-refractivity contribution is 0.660. The zero-order valence-electron chi connectivity index (χ0n) is 10.5. The summed E-state index contributed by atoms with van der Waals surface area (Å²) >= 11 is 2.85. The molecule has 0 radical (unpaired) electrons. The van der Waals surface area contributed by atoms with Crippen LogP contribution in [0.1, 0.15) is 12.5 Å². The second kappa shape index (κ2) is 5.99. The maximum Gasteiger partial charge on any atom is 0.343 e. The van der Waals surface area contributed by atoms with E-state index in [1.807, 2.05) is 31.4 Å². The molecule has 0 bridgehead atoms. The Morgan fingerprint density at radius 1 is 1.47 bits per heavy atom. The average molecular weight is 292 g/mol. The van der Waals surface area contributed by atoms with Gasteiger partial charge in [0.1, 0.15) is 6.07 Å². The molecule has 2 rings (SSSR count). The van der Waals surface area contributed by atoms with E-state index >= 15 is 0 Å². The third kappa shape index (κ3) is 2.69. The molecule has 1 aromatic heterocycles. The number of rotatable bonds is 4. The summed E-state index contributed by atoms with van der Waals surface area (Å²) in [6, 6.07) is 7.88. The Kier molecular flexibility index (Phi) is 4.35. The minimum atomic E-state index is -0.232. The van der Waals surface area contributed by atoms with Crippen LogP contribution in [0.2, 0.25) is 0 Å². The van der Waals surface area contributed by atoms with Crippen LogP contribution in [0.15, 0.2) is 37.9 Å². The highest BCUT2D eigenvalue weighted by Gasteiger charge is 2.13. The Morgan fingerprint density at radius 3 is 2.84 bits per heavy atom. The molecule has 19 heavy (non-hydrogen) atoms. The molecule has 0 atom stereocenters. The first-order valence-electron chi connectivity index (χ1n) is 5.61. The van der Waals surface area contributed by atoms with E-state index in [-0.39, 0.29) is 5.69 Å². The number of hydrogen-bond acceptors (Lipinski definition) is 5. The van der Waals surface area contributed by atoms with Gasteiger partial charge in [0.2, 0.25) is 0 Å². The lowest BCUT2D eigenvalue weighted by atomic mass is 10.2. The molecule has 1 N–H and O–H groups in total. The summed E-state index contributed by atoms with van der Waals surface area (Å²) in [7, 11) is 0. The van der Waals surface area contributed by atoms with E-state index in [4.69, 9.17) is 0 Å². The molecule has 0 aliphatic carbocycles. The minimum absolute atomic E-state index is 0.232. The Morgan fingerprint density at radius 2 is 2.21 bits per heavy atom. The molecule has 0 saturated heterocycles. The van der Waals surface area contributed by atoms with Gasteiger partial charge in [0.15, 0.2) is 5.16 Å². The quantitative estimate of drug-likeness (QED) is 0.875. The van der Waals surface area contributed by atoms with Crippen LogP contribution in [0.5, 0.6) is 0 Å². The number of benzene rings is 1. The summed E-state index contributed by atoms with van der Waals surface area (Å²) in [6.07, 6.45) is 1.93. The number of nitrogens with zero attached hydrogens (tertiary/aromatic N) is 3. The lowest BCUT2D eigenvalue weighted by Gasteiger charge is -2.06. The predicted octanol–water partition coefficient (Wildman–Crippen LogP) is 2.34. The maximum atomic E-state index is 11.5. The molecular formula is C12H12N4OS2. The van der Waals surface area contributed by atoms with Crippen LogP contribution in [-0.4, -0.2) is 21.0 Å². The first kappa shape index (κ1) is 13.8. The van der Waals surface area contributed by atoms with E-state index in [9.17, 15) is 10.1 Å². The highest BCUT2D eigenvalue weighted by molar-refractivity contribution is 7.99. The van der Waals surface area contributed by atoms with Crippen molar-refractivity contribution < 1.29 is 0 Å². The number of nitriles is 1. The van der Waals surface area contributed by atoms with Crippen LogP contribution in [0, 0.1) is 11.3 Å². The zero-order chi connectivity index (χ0) is 13.8. The van der Waals surface area contributed by atoms with E-state index in [0.717, 1.165) is 9.79 Å². The van der Waals surface area contributed by atoms with Gasteiger partial charge in [0, 0.05) is 16.3 Å². The molecular weight excluding hydrogens is 280 g/mol. The van der Waals surface area contributed by atoms with Crippen LogP contribution < -0.4 is 5.69 Å². The molecule has 1 aromatic carbocycles. The smallest absolute Gasteiger partial charge is 0.270 e. The van der Waals surface area contributed by atoms with Crippen molar-refractivity contribution in [3.8, 4) is 6.07 Å². The Balaban J connectivity index is 2.44. The zero-order valence-corrected chi connectivity index (χ0v) is 12.1. The van der Waals surface area contributed by atoms with Crippen LogP contribution in [0.25, 0.3) is 0 Å². The number of hydrogen-bond donors (Lipinski definition) is 1. The van der Waals surface area contributed by atoms with Crippen LogP contribution in [0.3, 0.4) is 0 Å². The highest BCUT2D eigenvalue weighted by atomic mass is 32.2. The van der Waals surface area contributed by atoms with Gasteiger partial charge in [-0.3, -0.25) is 4.57 Å². The van der Waals surface area contributed by atoms with Crippen molar-refractivity contribution in [3.05, 3.63) is 34.2 Å². The van der Waals surface area contributed by atoms with Gasteiger partial charge in [-0.1, -0.05) is 6.07 Å². The molecule has 0 amide bonds. The molecule has 1 heterocycles. The number of aromatic nitrogens is 3. The second-order valence-corrected chi connectivity index (χ2v) is 5.46. The molecule has 0 aliphatic rings. The molecule has 7 heteroatoms. The molecule has 2 aromatic rings. The topological polar surface area (TPSA) is 74.5 Å². The van der Waals surface area contributed by atoms with Gasteiger partial charge in [0.25, 0.3) is 0 Å². The van der Waals surface area contributed by atoms with Crippen LogP contribution >= 0.6 is 23.5 Å². The van der Waals surface area contributed by atoms with E-state index in [0.29, 0.717) is 17.3 Å². The van der Waals surface area contributed by atoms with E-state index in [1.165, 1.54) is 28.1 Å². The lowest BCUT2D eigenvalue weighted by Crippen LogP contribution is -2.16. The summed E-state index contributed by atoms with van der Waals surface area (Å²) in [5, 5.41) is 16.2. The molecule has 0 fully saturated rings. The summed E-state index contributed by atoms with van der Waals surface area (Å²) in [5.41, 5.74) is 0.391. The molecule has 0 saturated carbocycles. The average Bonchev–Trinajstić information content (AvgIpc) is 2.78. The summed E-state index contributed by atoms with van der Waals surface area (Å²) in [6.45, 7) is 2.42. The van der Waals surface area contributed by atoms with Gasteiger partial charge in [0.05, 0.1) is 5.56 Å². The predicted molar refractivity (Wildman–Crippen MR) is 75.6 cm³/mol. The standard InChI is InChI=1S/C12H12N4OS2/c1-3-16-11(17)14-15-12(16)19-10-6-4-5-9(18-2)8(10)7-13/h4-6H,3H2,1-2H3,(H,14,17). The van der Waals surface area contributed by atoms with Crippen molar-refractivity contribution in [1.29, 1.82) is 5.26 Å². The largest absolute Gasteiger partial charge is 0.343 e. The van der Waals surface area contributed by atoms with Crippen molar-refractivity contribution in [3.63, 3.8) is 0 Å².